The molecule has 2 rings (SSSR count). The minimum Gasteiger partial charge on any atom is -0.396 e. The lowest BCUT2D eigenvalue weighted by atomic mass is 9.93. The zero-order valence-corrected chi connectivity index (χ0v) is 9.34. The molecule has 0 aromatic rings. The smallest absolute Gasteiger partial charge is 0.0433 e. The van der Waals surface area contributed by atoms with Gasteiger partial charge in [0.05, 0.1) is 0 Å². The van der Waals surface area contributed by atoms with Crippen molar-refractivity contribution in [2.45, 2.75) is 39.0 Å². The summed E-state index contributed by atoms with van der Waals surface area (Å²) in [6.45, 7) is 6.63. The topological polar surface area (TPSA) is 23.5 Å². The van der Waals surface area contributed by atoms with Crippen molar-refractivity contribution in [2.75, 3.05) is 26.2 Å². The van der Waals surface area contributed by atoms with Gasteiger partial charge in [-0.05, 0) is 56.5 Å². The van der Waals surface area contributed by atoms with Gasteiger partial charge in [-0.2, -0.15) is 0 Å². The first-order valence-corrected chi connectivity index (χ1v) is 6.05. The van der Waals surface area contributed by atoms with Gasteiger partial charge in [0.2, 0.25) is 0 Å². The van der Waals surface area contributed by atoms with Gasteiger partial charge in [-0.1, -0.05) is 6.92 Å². The summed E-state index contributed by atoms with van der Waals surface area (Å²) >= 11 is 0. The van der Waals surface area contributed by atoms with Gasteiger partial charge in [-0.25, -0.2) is 0 Å². The Bertz CT molecular complexity index is 181. The molecule has 1 saturated carbocycles. The second-order valence-electron chi connectivity index (χ2n) is 5.54. The Morgan fingerprint density at radius 2 is 1.93 bits per heavy atom. The Balaban J connectivity index is 1.68. The van der Waals surface area contributed by atoms with Crippen LogP contribution < -0.4 is 0 Å². The fraction of sp³-hybridized carbons (Fsp3) is 1.00. The molecule has 0 spiro atoms. The molecule has 1 aliphatic heterocycles. The Kier molecular flexibility index (Phi) is 3.13. The van der Waals surface area contributed by atoms with E-state index >= 15 is 0 Å². The molecule has 1 saturated heterocycles. The summed E-state index contributed by atoms with van der Waals surface area (Å²) < 4.78 is 0. The molecule has 2 nitrogen and oxygen atoms in total. The minimum atomic E-state index is 0.377. The molecule has 0 aromatic carbocycles. The lowest BCUT2D eigenvalue weighted by Gasteiger charge is -2.33. The van der Waals surface area contributed by atoms with Gasteiger partial charge in [-0.3, -0.25) is 0 Å². The van der Waals surface area contributed by atoms with Crippen LogP contribution in [0.1, 0.15) is 39.0 Å². The van der Waals surface area contributed by atoms with Crippen molar-refractivity contribution < 1.29 is 5.11 Å². The highest BCUT2D eigenvalue weighted by atomic mass is 16.3. The molecule has 1 aliphatic carbocycles. The molecule has 82 valence electrons. The fourth-order valence-corrected chi connectivity index (χ4v) is 2.53. The molecule has 2 aliphatic rings. The highest BCUT2D eigenvalue weighted by molar-refractivity contribution is 4.92. The number of piperidine rings is 1. The van der Waals surface area contributed by atoms with E-state index in [2.05, 4.69) is 11.8 Å². The summed E-state index contributed by atoms with van der Waals surface area (Å²) in [5, 5.41) is 8.87. The van der Waals surface area contributed by atoms with Crippen LogP contribution in [0.2, 0.25) is 0 Å². The van der Waals surface area contributed by atoms with Crippen molar-refractivity contribution >= 4 is 0 Å². The number of nitrogens with zero attached hydrogens (tertiary/aromatic N) is 1. The quantitative estimate of drug-likeness (QED) is 0.744. The molecule has 2 fully saturated rings. The van der Waals surface area contributed by atoms with Crippen molar-refractivity contribution in [1.82, 2.24) is 4.90 Å². The molecular formula is C12H23NO. The average Bonchev–Trinajstić information content (AvgIpc) is 2.88. The van der Waals surface area contributed by atoms with E-state index in [-0.39, 0.29) is 0 Å². The van der Waals surface area contributed by atoms with Crippen molar-refractivity contribution in [3.05, 3.63) is 0 Å². The summed E-state index contributed by atoms with van der Waals surface area (Å²) in [6, 6.07) is 0. The van der Waals surface area contributed by atoms with Crippen LogP contribution in [-0.4, -0.2) is 36.2 Å². The van der Waals surface area contributed by atoms with Crippen LogP contribution in [0.4, 0.5) is 0 Å². The van der Waals surface area contributed by atoms with Gasteiger partial charge in [0.1, 0.15) is 0 Å². The Hall–Kier alpha value is -0.0800. The summed E-state index contributed by atoms with van der Waals surface area (Å²) in [7, 11) is 0. The van der Waals surface area contributed by atoms with E-state index in [9.17, 15) is 0 Å². The molecule has 2 heteroatoms. The van der Waals surface area contributed by atoms with E-state index in [1.165, 1.54) is 45.3 Å². The average molecular weight is 197 g/mol. The summed E-state index contributed by atoms with van der Waals surface area (Å²) in [4.78, 5) is 2.63. The van der Waals surface area contributed by atoms with Gasteiger partial charge in [0.25, 0.3) is 0 Å². The van der Waals surface area contributed by atoms with Crippen LogP contribution in [0, 0.1) is 11.3 Å². The molecule has 1 N–H and O–H groups in total. The Morgan fingerprint density at radius 3 is 2.43 bits per heavy atom. The molecule has 0 unspecified atom stereocenters. The van der Waals surface area contributed by atoms with Crippen LogP contribution >= 0.6 is 0 Å². The maximum Gasteiger partial charge on any atom is 0.0433 e. The van der Waals surface area contributed by atoms with Crippen molar-refractivity contribution in [3.8, 4) is 0 Å². The van der Waals surface area contributed by atoms with Crippen LogP contribution in [0.25, 0.3) is 0 Å². The predicted octanol–water partition coefficient (Wildman–Crippen LogP) is 1.88. The lowest BCUT2D eigenvalue weighted by Crippen LogP contribution is -2.37. The van der Waals surface area contributed by atoms with Crippen LogP contribution in [0.3, 0.4) is 0 Å². The summed E-state index contributed by atoms with van der Waals surface area (Å²) in [5.41, 5.74) is 0.670. The molecule has 0 amide bonds. The van der Waals surface area contributed by atoms with Crippen molar-refractivity contribution in [3.63, 3.8) is 0 Å². The monoisotopic (exact) mass is 197 g/mol. The molecule has 1 heterocycles. The third-order valence-corrected chi connectivity index (χ3v) is 3.95. The van der Waals surface area contributed by atoms with Gasteiger partial charge in [0, 0.05) is 13.2 Å². The number of likely N-dealkylation sites (tertiary alicyclic amines) is 1. The molecule has 0 atom stereocenters. The van der Waals surface area contributed by atoms with E-state index in [0.29, 0.717) is 12.0 Å². The standard InChI is InChI=1S/C12H23NO/c1-12(5-6-12)10-13-7-2-11(3-8-13)4-9-14/h11,14H,2-10H2,1H3. The molecule has 0 bridgehead atoms. The number of rotatable bonds is 4. The van der Waals surface area contributed by atoms with E-state index in [4.69, 9.17) is 5.11 Å². The maximum absolute atomic E-state index is 8.87. The number of hydrogen-bond donors (Lipinski definition) is 1. The first-order chi connectivity index (χ1) is 6.72. The Morgan fingerprint density at radius 1 is 1.29 bits per heavy atom. The highest BCUT2D eigenvalue weighted by Crippen LogP contribution is 2.45. The third-order valence-electron chi connectivity index (χ3n) is 3.95. The zero-order chi connectivity index (χ0) is 10.0. The van der Waals surface area contributed by atoms with E-state index in [1.807, 2.05) is 0 Å². The fourth-order valence-electron chi connectivity index (χ4n) is 2.53. The number of hydrogen-bond acceptors (Lipinski definition) is 2. The molecule has 0 aromatic heterocycles. The van der Waals surface area contributed by atoms with E-state index in [1.54, 1.807) is 0 Å². The molecule has 0 radical (unpaired) electrons. The number of aliphatic hydroxyl groups excluding tert-OH is 1. The maximum atomic E-state index is 8.87. The summed E-state index contributed by atoms with van der Waals surface area (Å²) in [6.07, 6.45) is 6.49. The van der Waals surface area contributed by atoms with E-state index < -0.39 is 0 Å². The van der Waals surface area contributed by atoms with Gasteiger partial charge >= 0.3 is 0 Å². The predicted molar refractivity (Wildman–Crippen MR) is 58.2 cm³/mol. The third kappa shape index (κ3) is 2.71. The Labute approximate surface area is 87.3 Å². The first kappa shape index (κ1) is 10.4. The van der Waals surface area contributed by atoms with Gasteiger partial charge in [0.15, 0.2) is 0 Å². The second-order valence-corrected chi connectivity index (χ2v) is 5.54. The highest BCUT2D eigenvalue weighted by Gasteiger charge is 2.39. The lowest BCUT2D eigenvalue weighted by molar-refractivity contribution is 0.140. The van der Waals surface area contributed by atoms with Gasteiger partial charge in [-0.15, -0.1) is 0 Å². The normalized spacial score (nSPS) is 27.9. The zero-order valence-electron chi connectivity index (χ0n) is 9.34. The number of aliphatic hydroxyl groups is 1. The van der Waals surface area contributed by atoms with Crippen molar-refractivity contribution in [2.24, 2.45) is 11.3 Å². The van der Waals surface area contributed by atoms with Crippen LogP contribution in [0.5, 0.6) is 0 Å². The minimum absolute atomic E-state index is 0.377. The molecular weight excluding hydrogens is 174 g/mol. The van der Waals surface area contributed by atoms with Gasteiger partial charge < -0.3 is 10.0 Å². The SMILES string of the molecule is CC1(CN2CCC(CCO)CC2)CC1. The van der Waals surface area contributed by atoms with Crippen LogP contribution in [-0.2, 0) is 0 Å². The molecule has 14 heavy (non-hydrogen) atoms. The van der Waals surface area contributed by atoms with Crippen molar-refractivity contribution in [1.29, 1.82) is 0 Å². The second kappa shape index (κ2) is 4.19. The first-order valence-electron chi connectivity index (χ1n) is 6.05. The largest absolute Gasteiger partial charge is 0.396 e. The summed E-state index contributed by atoms with van der Waals surface area (Å²) in [5.74, 6) is 0.795. The van der Waals surface area contributed by atoms with Crippen LogP contribution in [0.15, 0.2) is 0 Å². The van der Waals surface area contributed by atoms with E-state index in [0.717, 1.165) is 12.3 Å².